The second-order valence-electron chi connectivity index (χ2n) is 6.60. The van der Waals surface area contributed by atoms with Crippen molar-refractivity contribution in [3.05, 3.63) is 41.3 Å². The van der Waals surface area contributed by atoms with E-state index in [1.807, 2.05) is 4.90 Å². The Bertz CT molecular complexity index is 671. The number of fused-ring (bicyclic) bond motifs is 1. The van der Waals surface area contributed by atoms with Crippen molar-refractivity contribution >= 4 is 28.2 Å². The van der Waals surface area contributed by atoms with Crippen LogP contribution in [-0.4, -0.2) is 43.0 Å². The second kappa shape index (κ2) is 9.69. The number of rotatable bonds is 9. The number of amides is 1. The van der Waals surface area contributed by atoms with Crippen molar-refractivity contribution in [2.75, 3.05) is 31.6 Å². The van der Waals surface area contributed by atoms with E-state index in [2.05, 4.69) is 25.4 Å². The maximum Gasteiger partial charge on any atom is 0.341 e. The molecule has 1 amide bonds. The first-order chi connectivity index (χ1) is 12.5. The van der Waals surface area contributed by atoms with Crippen LogP contribution < -0.4 is 5.32 Å². The number of thiophene rings is 1. The first-order valence-electron chi connectivity index (χ1n) is 9.05. The Morgan fingerprint density at radius 2 is 2.04 bits per heavy atom. The standard InChI is InChI=1S/C20H28N2O3S/c1-5-10-22(11-6-2)13-17(23)21-19-18(20(24)25-7-3)15-9-8-14(4)12-16(15)26-19/h5-6,14H,1-2,7-13H2,3-4H3,(H,21,23). The van der Waals surface area contributed by atoms with Crippen molar-refractivity contribution in [3.8, 4) is 0 Å². The molecule has 1 aromatic heterocycles. The van der Waals surface area contributed by atoms with Gasteiger partial charge in [-0.25, -0.2) is 4.79 Å². The third-order valence-electron chi connectivity index (χ3n) is 4.39. The van der Waals surface area contributed by atoms with Gasteiger partial charge in [0.05, 0.1) is 18.7 Å². The van der Waals surface area contributed by atoms with E-state index in [0.29, 0.717) is 36.2 Å². The number of carbonyl (C=O) groups excluding carboxylic acids is 2. The minimum Gasteiger partial charge on any atom is -0.462 e. The Kier molecular flexibility index (Phi) is 7.60. The summed E-state index contributed by atoms with van der Waals surface area (Å²) >= 11 is 1.51. The number of nitrogens with zero attached hydrogens (tertiary/aromatic N) is 1. The normalized spacial score (nSPS) is 16.0. The Labute approximate surface area is 159 Å². The van der Waals surface area contributed by atoms with Crippen molar-refractivity contribution in [1.29, 1.82) is 0 Å². The maximum absolute atomic E-state index is 12.5. The zero-order valence-corrected chi connectivity index (χ0v) is 16.5. The highest BCUT2D eigenvalue weighted by Crippen LogP contribution is 2.40. The summed E-state index contributed by atoms with van der Waals surface area (Å²) in [5, 5.41) is 3.55. The van der Waals surface area contributed by atoms with Crippen molar-refractivity contribution in [3.63, 3.8) is 0 Å². The molecule has 1 atom stereocenters. The molecule has 0 aromatic carbocycles. The van der Waals surface area contributed by atoms with Gasteiger partial charge in [0.15, 0.2) is 0 Å². The summed E-state index contributed by atoms with van der Waals surface area (Å²) in [6.07, 6.45) is 6.37. The van der Waals surface area contributed by atoms with Crippen molar-refractivity contribution in [1.82, 2.24) is 4.90 Å². The summed E-state index contributed by atoms with van der Waals surface area (Å²) in [5.41, 5.74) is 1.60. The summed E-state index contributed by atoms with van der Waals surface area (Å²) in [7, 11) is 0. The molecule has 0 fully saturated rings. The molecule has 1 aliphatic rings. The number of anilines is 1. The Balaban J connectivity index is 2.21. The lowest BCUT2D eigenvalue weighted by Crippen LogP contribution is -2.33. The Morgan fingerprint density at radius 1 is 1.35 bits per heavy atom. The summed E-state index contributed by atoms with van der Waals surface area (Å²) in [5.74, 6) is 0.102. The van der Waals surface area contributed by atoms with Crippen LogP contribution >= 0.6 is 11.3 Å². The minimum absolute atomic E-state index is 0.147. The van der Waals surface area contributed by atoms with Gasteiger partial charge in [0.25, 0.3) is 0 Å². The number of nitrogens with one attached hydrogen (secondary N) is 1. The number of esters is 1. The molecule has 1 aromatic rings. The Hall–Kier alpha value is -1.92. The van der Waals surface area contributed by atoms with Crippen LogP contribution in [0.15, 0.2) is 25.3 Å². The van der Waals surface area contributed by atoms with Crippen LogP contribution in [0.1, 0.15) is 41.1 Å². The van der Waals surface area contributed by atoms with Gasteiger partial charge in [0.1, 0.15) is 5.00 Å². The predicted octanol–water partition coefficient (Wildman–Crippen LogP) is 3.66. The highest BCUT2D eigenvalue weighted by atomic mass is 32.1. The monoisotopic (exact) mass is 376 g/mol. The number of carbonyl (C=O) groups is 2. The molecule has 142 valence electrons. The molecule has 1 aliphatic carbocycles. The number of ether oxygens (including phenoxy) is 1. The lowest BCUT2D eigenvalue weighted by molar-refractivity contribution is -0.117. The first kappa shape index (κ1) is 20.4. The van der Waals surface area contributed by atoms with Gasteiger partial charge in [-0.1, -0.05) is 19.1 Å². The first-order valence-corrected chi connectivity index (χ1v) is 9.87. The molecule has 1 heterocycles. The number of hydrogen-bond acceptors (Lipinski definition) is 5. The molecule has 2 rings (SSSR count). The third kappa shape index (κ3) is 5.05. The van der Waals surface area contributed by atoms with E-state index in [1.54, 1.807) is 19.1 Å². The molecule has 1 N–H and O–H groups in total. The van der Waals surface area contributed by atoms with Crippen LogP contribution in [0.4, 0.5) is 5.00 Å². The van der Waals surface area contributed by atoms with Crippen LogP contribution in [0.3, 0.4) is 0 Å². The molecular formula is C20H28N2O3S. The predicted molar refractivity (Wildman–Crippen MR) is 107 cm³/mol. The van der Waals surface area contributed by atoms with E-state index in [9.17, 15) is 9.59 Å². The lowest BCUT2D eigenvalue weighted by Gasteiger charge is -2.18. The SMILES string of the molecule is C=CCN(CC=C)CC(=O)Nc1sc2c(c1C(=O)OCC)CCC(C)C2. The zero-order chi connectivity index (χ0) is 19.1. The van der Waals surface area contributed by atoms with Gasteiger partial charge >= 0.3 is 5.97 Å². The molecule has 0 saturated carbocycles. The van der Waals surface area contributed by atoms with Gasteiger partial charge in [-0.05, 0) is 37.7 Å². The smallest absolute Gasteiger partial charge is 0.341 e. The zero-order valence-electron chi connectivity index (χ0n) is 15.7. The maximum atomic E-state index is 12.5. The van der Waals surface area contributed by atoms with Gasteiger partial charge in [0.2, 0.25) is 5.91 Å². The quantitative estimate of drug-likeness (QED) is 0.528. The van der Waals surface area contributed by atoms with Gasteiger partial charge in [0, 0.05) is 18.0 Å². The fourth-order valence-corrected chi connectivity index (χ4v) is 4.61. The lowest BCUT2D eigenvalue weighted by atomic mass is 9.88. The average Bonchev–Trinajstić information content (AvgIpc) is 2.92. The molecule has 0 aliphatic heterocycles. The fraction of sp³-hybridized carbons (Fsp3) is 0.500. The van der Waals surface area contributed by atoms with Crippen molar-refractivity contribution < 1.29 is 14.3 Å². The van der Waals surface area contributed by atoms with Crippen LogP contribution in [-0.2, 0) is 22.4 Å². The van der Waals surface area contributed by atoms with Gasteiger partial charge < -0.3 is 10.1 Å². The molecule has 0 radical (unpaired) electrons. The van der Waals surface area contributed by atoms with E-state index in [1.165, 1.54) is 16.2 Å². The molecule has 0 saturated heterocycles. The molecule has 0 spiro atoms. The average molecular weight is 377 g/mol. The second-order valence-corrected chi connectivity index (χ2v) is 7.70. The molecule has 0 bridgehead atoms. The molecule has 26 heavy (non-hydrogen) atoms. The fourth-order valence-electron chi connectivity index (χ4n) is 3.20. The summed E-state index contributed by atoms with van der Waals surface area (Å²) in [6.45, 7) is 13.2. The molecule has 5 nitrogen and oxygen atoms in total. The van der Waals surface area contributed by atoms with Crippen LogP contribution in [0.25, 0.3) is 0 Å². The van der Waals surface area contributed by atoms with Crippen LogP contribution in [0.5, 0.6) is 0 Å². The highest BCUT2D eigenvalue weighted by Gasteiger charge is 2.29. The summed E-state index contributed by atoms with van der Waals surface area (Å²) in [6, 6.07) is 0. The van der Waals surface area contributed by atoms with Gasteiger partial charge in [-0.2, -0.15) is 0 Å². The van der Waals surface area contributed by atoms with Crippen LogP contribution in [0, 0.1) is 5.92 Å². The highest BCUT2D eigenvalue weighted by molar-refractivity contribution is 7.17. The number of hydrogen-bond donors (Lipinski definition) is 1. The van der Waals surface area contributed by atoms with Crippen molar-refractivity contribution in [2.24, 2.45) is 5.92 Å². The van der Waals surface area contributed by atoms with Gasteiger partial charge in [-0.3, -0.25) is 9.69 Å². The molecule has 6 heteroatoms. The minimum atomic E-state index is -0.344. The van der Waals surface area contributed by atoms with E-state index in [-0.39, 0.29) is 18.4 Å². The van der Waals surface area contributed by atoms with E-state index in [4.69, 9.17) is 4.74 Å². The van der Waals surface area contributed by atoms with Crippen molar-refractivity contribution in [2.45, 2.75) is 33.1 Å². The largest absolute Gasteiger partial charge is 0.462 e. The topological polar surface area (TPSA) is 58.6 Å². The molecular weight excluding hydrogens is 348 g/mol. The van der Waals surface area contributed by atoms with Gasteiger partial charge in [-0.15, -0.1) is 24.5 Å². The van der Waals surface area contributed by atoms with E-state index in [0.717, 1.165) is 24.8 Å². The Morgan fingerprint density at radius 3 is 2.65 bits per heavy atom. The third-order valence-corrected chi connectivity index (χ3v) is 5.56. The van der Waals surface area contributed by atoms with E-state index >= 15 is 0 Å². The van der Waals surface area contributed by atoms with E-state index < -0.39 is 0 Å². The molecule has 1 unspecified atom stereocenters. The summed E-state index contributed by atoms with van der Waals surface area (Å²) < 4.78 is 5.24. The van der Waals surface area contributed by atoms with Crippen LogP contribution in [0.2, 0.25) is 0 Å². The summed E-state index contributed by atoms with van der Waals surface area (Å²) in [4.78, 5) is 28.1.